The van der Waals surface area contributed by atoms with Gasteiger partial charge in [0.1, 0.15) is 5.76 Å². The van der Waals surface area contributed by atoms with Gasteiger partial charge in [-0.1, -0.05) is 6.92 Å². The standard InChI is InChI=1S/C16H23N3O2S/c1-3-14-17-9-13(21-14)10-19-6-4-16(20,5-7-19)8-15-18-12(2)11-22-15/h9,11,20H,3-8,10H2,1-2H3. The number of rotatable bonds is 5. The van der Waals surface area contributed by atoms with Gasteiger partial charge in [-0.15, -0.1) is 11.3 Å². The van der Waals surface area contributed by atoms with Gasteiger partial charge in [0.15, 0.2) is 5.89 Å². The van der Waals surface area contributed by atoms with Crippen LogP contribution in [0.2, 0.25) is 0 Å². The van der Waals surface area contributed by atoms with Crippen molar-refractivity contribution in [1.29, 1.82) is 0 Å². The third-order valence-electron chi connectivity index (χ3n) is 4.22. The first kappa shape index (κ1) is 15.6. The van der Waals surface area contributed by atoms with Crippen LogP contribution in [0.3, 0.4) is 0 Å². The lowest BCUT2D eigenvalue weighted by atomic mass is 9.88. The Morgan fingerprint density at radius 3 is 2.77 bits per heavy atom. The minimum absolute atomic E-state index is 0.614. The normalized spacial score (nSPS) is 18.7. The Bertz CT molecular complexity index is 614. The zero-order valence-corrected chi connectivity index (χ0v) is 14.0. The molecule has 0 atom stereocenters. The molecule has 1 saturated heterocycles. The highest BCUT2D eigenvalue weighted by Gasteiger charge is 2.33. The van der Waals surface area contributed by atoms with Gasteiger partial charge in [-0.2, -0.15) is 0 Å². The number of likely N-dealkylation sites (tertiary alicyclic amines) is 1. The van der Waals surface area contributed by atoms with Crippen molar-refractivity contribution in [2.75, 3.05) is 13.1 Å². The minimum atomic E-state index is -0.614. The largest absolute Gasteiger partial charge is 0.444 e. The Balaban J connectivity index is 1.52. The summed E-state index contributed by atoms with van der Waals surface area (Å²) in [5, 5.41) is 13.8. The molecule has 0 spiro atoms. The lowest BCUT2D eigenvalue weighted by Crippen LogP contribution is -2.45. The van der Waals surface area contributed by atoms with Crippen LogP contribution in [0.4, 0.5) is 0 Å². The van der Waals surface area contributed by atoms with E-state index in [0.717, 1.165) is 61.2 Å². The second-order valence-corrected chi connectivity index (χ2v) is 7.08. The first-order valence-electron chi connectivity index (χ1n) is 7.86. The molecule has 1 fully saturated rings. The van der Waals surface area contributed by atoms with Gasteiger partial charge in [0, 0.05) is 37.0 Å². The Morgan fingerprint density at radius 2 is 2.18 bits per heavy atom. The molecule has 5 nitrogen and oxygen atoms in total. The fraction of sp³-hybridized carbons (Fsp3) is 0.625. The molecule has 1 N–H and O–H groups in total. The van der Waals surface area contributed by atoms with Crippen LogP contribution in [0.15, 0.2) is 16.0 Å². The van der Waals surface area contributed by atoms with Crippen LogP contribution in [0, 0.1) is 6.92 Å². The summed E-state index contributed by atoms with van der Waals surface area (Å²) in [6, 6.07) is 0. The number of aliphatic hydroxyl groups is 1. The molecule has 2 aromatic heterocycles. The molecule has 0 bridgehead atoms. The molecule has 0 aromatic carbocycles. The second-order valence-electron chi connectivity index (χ2n) is 6.13. The van der Waals surface area contributed by atoms with E-state index in [1.165, 1.54) is 0 Å². The number of hydrogen-bond donors (Lipinski definition) is 1. The van der Waals surface area contributed by atoms with Crippen molar-refractivity contribution in [3.05, 3.63) is 33.9 Å². The van der Waals surface area contributed by atoms with E-state index in [9.17, 15) is 5.11 Å². The van der Waals surface area contributed by atoms with Gasteiger partial charge in [0.2, 0.25) is 0 Å². The van der Waals surface area contributed by atoms with Crippen LogP contribution >= 0.6 is 11.3 Å². The molecule has 0 saturated carbocycles. The van der Waals surface area contributed by atoms with E-state index in [4.69, 9.17) is 4.42 Å². The van der Waals surface area contributed by atoms with E-state index >= 15 is 0 Å². The molecule has 3 heterocycles. The van der Waals surface area contributed by atoms with Crippen molar-refractivity contribution in [1.82, 2.24) is 14.9 Å². The van der Waals surface area contributed by atoms with Crippen molar-refractivity contribution < 1.29 is 9.52 Å². The van der Waals surface area contributed by atoms with E-state index in [1.54, 1.807) is 11.3 Å². The van der Waals surface area contributed by atoms with E-state index in [0.29, 0.717) is 6.42 Å². The third-order valence-corrected chi connectivity index (χ3v) is 5.18. The maximum Gasteiger partial charge on any atom is 0.194 e. The quantitative estimate of drug-likeness (QED) is 0.917. The predicted octanol–water partition coefficient (Wildman–Crippen LogP) is 2.57. The maximum absolute atomic E-state index is 10.8. The molecule has 3 rings (SSSR count). The molecule has 0 unspecified atom stereocenters. The Morgan fingerprint density at radius 1 is 1.41 bits per heavy atom. The fourth-order valence-electron chi connectivity index (χ4n) is 2.87. The number of thiazole rings is 1. The summed E-state index contributed by atoms with van der Waals surface area (Å²) in [7, 11) is 0. The van der Waals surface area contributed by atoms with Crippen LogP contribution in [0.25, 0.3) is 0 Å². The Kier molecular flexibility index (Phi) is 4.61. The van der Waals surface area contributed by atoms with Gasteiger partial charge in [0.05, 0.1) is 23.4 Å². The summed E-state index contributed by atoms with van der Waals surface area (Å²) >= 11 is 1.64. The molecular formula is C16H23N3O2S. The summed E-state index contributed by atoms with van der Waals surface area (Å²) in [5.41, 5.74) is 0.426. The molecule has 6 heteroatoms. The Hall–Kier alpha value is -1.24. The van der Waals surface area contributed by atoms with Gasteiger partial charge in [-0.3, -0.25) is 4.90 Å². The highest BCUT2D eigenvalue weighted by molar-refractivity contribution is 7.09. The molecule has 1 aliphatic heterocycles. The van der Waals surface area contributed by atoms with Gasteiger partial charge in [0.25, 0.3) is 0 Å². The number of aryl methyl sites for hydroxylation is 2. The molecule has 22 heavy (non-hydrogen) atoms. The predicted molar refractivity (Wildman–Crippen MR) is 85.9 cm³/mol. The molecule has 0 amide bonds. The molecule has 1 aliphatic rings. The van der Waals surface area contributed by atoms with Gasteiger partial charge < -0.3 is 9.52 Å². The highest BCUT2D eigenvalue weighted by atomic mass is 32.1. The monoisotopic (exact) mass is 321 g/mol. The van der Waals surface area contributed by atoms with E-state index in [2.05, 4.69) is 14.9 Å². The van der Waals surface area contributed by atoms with Crippen molar-refractivity contribution >= 4 is 11.3 Å². The first-order valence-corrected chi connectivity index (χ1v) is 8.73. The summed E-state index contributed by atoms with van der Waals surface area (Å²) in [6.45, 7) is 6.57. The van der Waals surface area contributed by atoms with E-state index in [1.807, 2.05) is 25.4 Å². The van der Waals surface area contributed by atoms with Gasteiger partial charge in [-0.05, 0) is 19.8 Å². The van der Waals surface area contributed by atoms with E-state index < -0.39 is 5.60 Å². The van der Waals surface area contributed by atoms with Crippen LogP contribution in [0.5, 0.6) is 0 Å². The van der Waals surface area contributed by atoms with Gasteiger partial charge in [-0.25, -0.2) is 9.97 Å². The summed E-state index contributed by atoms with van der Waals surface area (Å²) in [4.78, 5) is 11.0. The molecule has 0 radical (unpaired) electrons. The third kappa shape index (κ3) is 3.74. The number of oxazole rings is 1. The number of nitrogens with zero attached hydrogens (tertiary/aromatic N) is 3. The molecule has 2 aromatic rings. The van der Waals surface area contributed by atoms with Gasteiger partial charge >= 0.3 is 0 Å². The highest BCUT2D eigenvalue weighted by Crippen LogP contribution is 2.28. The number of hydrogen-bond acceptors (Lipinski definition) is 6. The average Bonchev–Trinajstić information content (AvgIpc) is 3.10. The molecule has 0 aliphatic carbocycles. The van der Waals surface area contributed by atoms with Crippen molar-refractivity contribution in [2.45, 2.75) is 51.7 Å². The van der Waals surface area contributed by atoms with E-state index in [-0.39, 0.29) is 0 Å². The molecular weight excluding hydrogens is 298 g/mol. The average molecular weight is 321 g/mol. The van der Waals surface area contributed by atoms with Crippen molar-refractivity contribution in [2.24, 2.45) is 0 Å². The van der Waals surface area contributed by atoms with Crippen LogP contribution in [0.1, 0.15) is 42.1 Å². The summed E-state index contributed by atoms with van der Waals surface area (Å²) < 4.78 is 5.66. The van der Waals surface area contributed by atoms with Crippen molar-refractivity contribution in [3.8, 4) is 0 Å². The summed E-state index contributed by atoms with van der Waals surface area (Å²) in [5.74, 6) is 1.71. The smallest absolute Gasteiger partial charge is 0.194 e. The van der Waals surface area contributed by atoms with Crippen LogP contribution in [-0.2, 0) is 19.4 Å². The minimum Gasteiger partial charge on any atom is -0.444 e. The zero-order chi connectivity index (χ0) is 15.6. The van der Waals surface area contributed by atoms with Crippen molar-refractivity contribution in [3.63, 3.8) is 0 Å². The SMILES string of the molecule is CCc1ncc(CN2CCC(O)(Cc3nc(C)cs3)CC2)o1. The van der Waals surface area contributed by atoms with Crippen LogP contribution < -0.4 is 0 Å². The number of piperidine rings is 1. The number of aromatic nitrogens is 2. The lowest BCUT2D eigenvalue weighted by molar-refractivity contribution is -0.0237. The Labute approximate surface area is 135 Å². The zero-order valence-electron chi connectivity index (χ0n) is 13.2. The lowest BCUT2D eigenvalue weighted by Gasteiger charge is -2.37. The van der Waals surface area contributed by atoms with Crippen LogP contribution in [-0.4, -0.2) is 38.7 Å². The molecule has 120 valence electrons. The first-order chi connectivity index (χ1) is 10.6. The second kappa shape index (κ2) is 6.48. The fourth-order valence-corrected chi connectivity index (χ4v) is 3.78. The topological polar surface area (TPSA) is 62.4 Å². The summed E-state index contributed by atoms with van der Waals surface area (Å²) in [6.07, 6.45) is 4.87. The maximum atomic E-state index is 10.8.